The largest absolute Gasteiger partial charge is 0.467 e. The van der Waals surface area contributed by atoms with Gasteiger partial charge in [-0.05, 0) is 35.4 Å². The predicted molar refractivity (Wildman–Crippen MR) is 86.6 cm³/mol. The first-order valence-corrected chi connectivity index (χ1v) is 7.85. The van der Waals surface area contributed by atoms with Gasteiger partial charge in [-0.3, -0.25) is 4.79 Å². The van der Waals surface area contributed by atoms with Crippen LogP contribution >= 0.6 is 0 Å². The Hall–Kier alpha value is -2.84. The van der Waals surface area contributed by atoms with Gasteiger partial charge in [0.15, 0.2) is 0 Å². The molecule has 134 valence electrons. The first kappa shape index (κ1) is 18.5. The molecule has 0 unspecified atom stereocenters. The normalized spacial score (nSPS) is 13.1. The van der Waals surface area contributed by atoms with E-state index in [0.717, 1.165) is 4.80 Å². The number of benzene rings is 1. The molecule has 0 bridgehead atoms. The van der Waals surface area contributed by atoms with Crippen LogP contribution < -0.4 is 5.32 Å². The second-order valence-electron chi connectivity index (χ2n) is 5.60. The lowest BCUT2D eigenvalue weighted by atomic mass is 9.99. The molecule has 0 aliphatic heterocycles. The van der Waals surface area contributed by atoms with Crippen LogP contribution in [0, 0.1) is 11.7 Å². The molecule has 0 saturated heterocycles. The number of nitrogens with zero attached hydrogens (tertiary/aromatic N) is 4. The van der Waals surface area contributed by atoms with E-state index in [1.165, 1.54) is 31.4 Å². The van der Waals surface area contributed by atoms with Crippen LogP contribution in [0.4, 0.5) is 4.39 Å². The quantitative estimate of drug-likeness (QED) is 0.754. The van der Waals surface area contributed by atoms with Gasteiger partial charge in [-0.1, -0.05) is 20.3 Å². The smallest absolute Gasteiger partial charge is 0.328 e. The van der Waals surface area contributed by atoms with Crippen LogP contribution in [-0.2, 0) is 20.9 Å². The fourth-order valence-electron chi connectivity index (χ4n) is 2.17. The van der Waals surface area contributed by atoms with Gasteiger partial charge in [0.25, 0.3) is 0 Å². The first-order chi connectivity index (χ1) is 11.9. The number of hydrogen-bond acceptors (Lipinski definition) is 6. The maximum Gasteiger partial charge on any atom is 0.328 e. The average molecular weight is 349 g/mol. The third kappa shape index (κ3) is 4.82. The molecule has 2 rings (SSSR count). The van der Waals surface area contributed by atoms with E-state index in [4.69, 9.17) is 4.74 Å². The fourth-order valence-corrected chi connectivity index (χ4v) is 2.17. The second-order valence-corrected chi connectivity index (χ2v) is 5.60. The van der Waals surface area contributed by atoms with Crippen LogP contribution in [0.2, 0.25) is 0 Å². The molecule has 9 heteroatoms. The number of hydrogen-bond donors (Lipinski definition) is 1. The summed E-state index contributed by atoms with van der Waals surface area (Å²) in [5.41, 5.74) is 0.583. The van der Waals surface area contributed by atoms with E-state index < -0.39 is 17.9 Å². The van der Waals surface area contributed by atoms with Crippen molar-refractivity contribution in [3.05, 3.63) is 30.1 Å². The predicted octanol–water partition coefficient (Wildman–Crippen LogP) is 1.18. The Labute approximate surface area is 144 Å². The van der Waals surface area contributed by atoms with Crippen molar-refractivity contribution >= 4 is 11.9 Å². The van der Waals surface area contributed by atoms with Gasteiger partial charge in [0, 0.05) is 5.56 Å². The van der Waals surface area contributed by atoms with Crippen molar-refractivity contribution in [2.45, 2.75) is 32.9 Å². The number of amides is 1. The summed E-state index contributed by atoms with van der Waals surface area (Å²) in [5, 5.41) is 14.3. The highest BCUT2D eigenvalue weighted by Crippen LogP contribution is 2.13. The van der Waals surface area contributed by atoms with Gasteiger partial charge >= 0.3 is 5.97 Å². The van der Waals surface area contributed by atoms with E-state index in [2.05, 4.69) is 20.7 Å². The molecule has 0 saturated carbocycles. The highest BCUT2D eigenvalue weighted by molar-refractivity contribution is 5.84. The fraction of sp³-hybridized carbons (Fsp3) is 0.438. The van der Waals surface area contributed by atoms with E-state index in [0.29, 0.717) is 12.0 Å². The number of rotatable bonds is 7. The molecule has 0 aliphatic rings. The summed E-state index contributed by atoms with van der Waals surface area (Å²) in [6, 6.07) is 4.88. The molecule has 1 aromatic carbocycles. The van der Waals surface area contributed by atoms with Gasteiger partial charge in [0.05, 0.1) is 7.11 Å². The van der Waals surface area contributed by atoms with E-state index in [1.54, 1.807) is 0 Å². The maximum absolute atomic E-state index is 12.9. The van der Waals surface area contributed by atoms with E-state index in [9.17, 15) is 14.0 Å². The number of carbonyl (C=O) groups is 2. The molecule has 8 nitrogen and oxygen atoms in total. The Balaban J connectivity index is 2.03. The molecule has 25 heavy (non-hydrogen) atoms. The van der Waals surface area contributed by atoms with Gasteiger partial charge in [-0.15, -0.1) is 10.2 Å². The highest BCUT2D eigenvalue weighted by atomic mass is 19.1. The lowest BCUT2D eigenvalue weighted by molar-refractivity contribution is -0.146. The Kier molecular flexibility index (Phi) is 6.15. The zero-order valence-electron chi connectivity index (χ0n) is 14.3. The number of halogens is 1. The van der Waals surface area contributed by atoms with Crippen molar-refractivity contribution in [1.82, 2.24) is 25.5 Å². The van der Waals surface area contributed by atoms with E-state index in [-0.39, 0.29) is 24.1 Å². The van der Waals surface area contributed by atoms with Crippen molar-refractivity contribution in [2.24, 2.45) is 5.92 Å². The molecule has 0 fully saturated rings. The van der Waals surface area contributed by atoms with Crippen LogP contribution in [0.5, 0.6) is 0 Å². The van der Waals surface area contributed by atoms with Gasteiger partial charge in [0.2, 0.25) is 11.7 Å². The van der Waals surface area contributed by atoms with Gasteiger partial charge in [-0.25, -0.2) is 9.18 Å². The van der Waals surface area contributed by atoms with Crippen LogP contribution in [0.1, 0.15) is 20.3 Å². The minimum atomic E-state index is -0.734. The first-order valence-electron chi connectivity index (χ1n) is 7.85. The zero-order chi connectivity index (χ0) is 18.4. The summed E-state index contributed by atoms with van der Waals surface area (Å²) < 4.78 is 17.7. The minimum absolute atomic E-state index is 0.0742. The van der Waals surface area contributed by atoms with Crippen LogP contribution in [0.15, 0.2) is 24.3 Å². The van der Waals surface area contributed by atoms with Crippen molar-refractivity contribution in [1.29, 1.82) is 0 Å². The SMILES string of the molecule is CC[C@H](C)[C@@H](NC(=O)Cn1nnc(-c2ccc(F)cc2)n1)C(=O)OC. The number of carbonyl (C=O) groups excluding carboxylic acids is 2. The average Bonchev–Trinajstić information content (AvgIpc) is 3.07. The Morgan fingerprint density at radius 1 is 1.32 bits per heavy atom. The molecule has 1 heterocycles. The molecule has 2 atom stereocenters. The molecule has 1 amide bonds. The lowest BCUT2D eigenvalue weighted by Gasteiger charge is -2.21. The summed E-state index contributed by atoms with van der Waals surface area (Å²) in [6.45, 7) is 3.57. The summed E-state index contributed by atoms with van der Waals surface area (Å²) in [5.74, 6) is -1.09. The molecular weight excluding hydrogens is 329 g/mol. The second kappa shape index (κ2) is 8.32. The topological polar surface area (TPSA) is 99.0 Å². The molecule has 2 aromatic rings. The summed E-state index contributed by atoms with van der Waals surface area (Å²) >= 11 is 0. The Morgan fingerprint density at radius 2 is 2.00 bits per heavy atom. The molecule has 1 N–H and O–H groups in total. The Morgan fingerprint density at radius 3 is 2.60 bits per heavy atom. The third-order valence-electron chi connectivity index (χ3n) is 3.82. The summed E-state index contributed by atoms with van der Waals surface area (Å²) in [6.07, 6.45) is 0.705. The number of aromatic nitrogens is 4. The van der Waals surface area contributed by atoms with Crippen molar-refractivity contribution in [2.75, 3.05) is 7.11 Å². The molecule has 1 aromatic heterocycles. The van der Waals surface area contributed by atoms with Crippen LogP contribution in [0.25, 0.3) is 11.4 Å². The van der Waals surface area contributed by atoms with E-state index in [1.807, 2.05) is 13.8 Å². The maximum atomic E-state index is 12.9. The van der Waals surface area contributed by atoms with E-state index >= 15 is 0 Å². The molecule has 0 aliphatic carbocycles. The minimum Gasteiger partial charge on any atom is -0.467 e. The van der Waals surface area contributed by atoms with Crippen molar-refractivity contribution < 1.29 is 18.7 Å². The number of nitrogens with one attached hydrogen (secondary N) is 1. The van der Waals surface area contributed by atoms with Gasteiger partial charge in [0.1, 0.15) is 18.4 Å². The lowest BCUT2D eigenvalue weighted by Crippen LogP contribution is -2.46. The van der Waals surface area contributed by atoms with Crippen LogP contribution in [0.3, 0.4) is 0 Å². The highest BCUT2D eigenvalue weighted by Gasteiger charge is 2.26. The number of ether oxygens (including phenoxy) is 1. The zero-order valence-corrected chi connectivity index (χ0v) is 14.3. The monoisotopic (exact) mass is 349 g/mol. The summed E-state index contributed by atoms with van der Waals surface area (Å²) in [4.78, 5) is 25.1. The molecule has 0 spiro atoms. The van der Waals surface area contributed by atoms with Crippen molar-refractivity contribution in [3.8, 4) is 11.4 Å². The molecule has 0 radical (unpaired) electrons. The van der Waals surface area contributed by atoms with Gasteiger partial charge < -0.3 is 10.1 Å². The summed E-state index contributed by atoms with van der Waals surface area (Å²) in [7, 11) is 1.28. The number of esters is 1. The van der Waals surface area contributed by atoms with Crippen molar-refractivity contribution in [3.63, 3.8) is 0 Å². The molecular formula is C16H20FN5O3. The number of methoxy groups -OCH3 is 1. The number of tetrazole rings is 1. The standard InChI is InChI=1S/C16H20FN5O3/c1-4-10(2)14(16(24)25-3)18-13(23)9-22-20-15(19-21-22)11-5-7-12(17)8-6-11/h5-8,10,14H,4,9H2,1-3H3,(H,18,23)/t10-,14+/m0/s1. The van der Waals surface area contributed by atoms with Crippen LogP contribution in [-0.4, -0.2) is 45.2 Å². The Bertz CT molecular complexity index is 732. The third-order valence-corrected chi connectivity index (χ3v) is 3.82. The van der Waals surface area contributed by atoms with Gasteiger partial charge in [-0.2, -0.15) is 4.80 Å².